The third kappa shape index (κ3) is 2.47. The molecule has 0 aromatic rings. The van der Waals surface area contributed by atoms with Crippen molar-refractivity contribution >= 4 is 5.91 Å². The van der Waals surface area contributed by atoms with Crippen molar-refractivity contribution in [1.29, 1.82) is 0 Å². The van der Waals surface area contributed by atoms with Crippen LogP contribution in [0.5, 0.6) is 0 Å². The minimum absolute atomic E-state index is 0.150. The quantitative estimate of drug-likeness (QED) is 0.762. The zero-order chi connectivity index (χ0) is 11.9. The summed E-state index contributed by atoms with van der Waals surface area (Å²) >= 11 is 0. The van der Waals surface area contributed by atoms with Crippen molar-refractivity contribution in [2.45, 2.75) is 37.7 Å². The Morgan fingerprint density at radius 1 is 1.24 bits per heavy atom. The van der Waals surface area contributed by atoms with Gasteiger partial charge >= 0.3 is 0 Å². The third-order valence-electron chi connectivity index (χ3n) is 4.63. The van der Waals surface area contributed by atoms with Crippen LogP contribution in [-0.2, 0) is 9.53 Å². The predicted molar refractivity (Wildman–Crippen MR) is 62.3 cm³/mol. The summed E-state index contributed by atoms with van der Waals surface area (Å²) in [6.07, 6.45) is 4.73. The van der Waals surface area contributed by atoms with E-state index in [1.807, 2.05) is 0 Å². The van der Waals surface area contributed by atoms with E-state index < -0.39 is 5.60 Å². The van der Waals surface area contributed by atoms with Crippen molar-refractivity contribution in [3.8, 4) is 0 Å². The molecule has 2 N–H and O–H groups in total. The highest BCUT2D eigenvalue weighted by Gasteiger charge is 2.48. The van der Waals surface area contributed by atoms with Crippen LogP contribution in [0.25, 0.3) is 0 Å². The van der Waals surface area contributed by atoms with E-state index in [0.29, 0.717) is 32.6 Å². The van der Waals surface area contributed by atoms with Gasteiger partial charge in [-0.3, -0.25) is 4.79 Å². The van der Waals surface area contributed by atoms with Gasteiger partial charge in [-0.15, -0.1) is 0 Å². The van der Waals surface area contributed by atoms with Gasteiger partial charge in [-0.05, 0) is 31.1 Å². The number of amides is 1. The predicted octanol–water partition coefficient (Wildman–Crippen LogP) is 0.690. The molecule has 1 saturated heterocycles. The lowest BCUT2D eigenvalue weighted by atomic mass is 9.94. The van der Waals surface area contributed by atoms with Crippen LogP contribution < -0.4 is 5.32 Å². The molecule has 1 amide bonds. The van der Waals surface area contributed by atoms with Gasteiger partial charge in [-0.1, -0.05) is 0 Å². The van der Waals surface area contributed by atoms with Gasteiger partial charge in [0.1, 0.15) is 0 Å². The van der Waals surface area contributed by atoms with Crippen molar-refractivity contribution in [1.82, 2.24) is 5.32 Å². The van der Waals surface area contributed by atoms with Crippen molar-refractivity contribution in [3.05, 3.63) is 0 Å². The summed E-state index contributed by atoms with van der Waals surface area (Å²) in [6, 6.07) is 0. The summed E-state index contributed by atoms with van der Waals surface area (Å²) < 4.78 is 5.22. The second-order valence-corrected chi connectivity index (χ2v) is 5.98. The van der Waals surface area contributed by atoms with E-state index in [1.54, 1.807) is 0 Å². The fraction of sp³-hybridized carbons (Fsp3) is 0.923. The lowest BCUT2D eigenvalue weighted by molar-refractivity contribution is -0.127. The second kappa shape index (κ2) is 4.25. The molecule has 4 heteroatoms. The van der Waals surface area contributed by atoms with Crippen LogP contribution in [0.1, 0.15) is 32.1 Å². The Kier molecular flexibility index (Phi) is 2.87. The molecule has 1 aliphatic heterocycles. The number of hydrogen-bond acceptors (Lipinski definition) is 3. The maximum absolute atomic E-state index is 11.9. The molecule has 2 saturated carbocycles. The molecule has 4 nitrogen and oxygen atoms in total. The molecule has 3 fully saturated rings. The standard InChI is InChI=1S/C13H21NO3/c15-12(11-6-9-5-10(9)7-11)14-8-13(16)1-3-17-4-2-13/h9-11,16H,1-8H2,(H,14,15). The highest BCUT2D eigenvalue weighted by Crippen LogP contribution is 2.54. The van der Waals surface area contributed by atoms with Gasteiger partial charge in [0.15, 0.2) is 0 Å². The number of hydrogen-bond donors (Lipinski definition) is 2. The number of carbonyl (C=O) groups excluding carboxylic acids is 1. The third-order valence-corrected chi connectivity index (χ3v) is 4.63. The first kappa shape index (κ1) is 11.5. The van der Waals surface area contributed by atoms with Crippen LogP contribution in [0.15, 0.2) is 0 Å². The minimum atomic E-state index is -0.741. The largest absolute Gasteiger partial charge is 0.388 e. The lowest BCUT2D eigenvalue weighted by Crippen LogP contribution is -2.47. The van der Waals surface area contributed by atoms with Gasteiger partial charge in [0, 0.05) is 38.5 Å². The zero-order valence-corrected chi connectivity index (χ0v) is 10.2. The smallest absolute Gasteiger partial charge is 0.223 e. The average molecular weight is 239 g/mol. The van der Waals surface area contributed by atoms with Crippen molar-refractivity contribution in [2.75, 3.05) is 19.8 Å². The van der Waals surface area contributed by atoms with E-state index in [2.05, 4.69) is 5.32 Å². The Morgan fingerprint density at radius 3 is 2.53 bits per heavy atom. The number of fused-ring (bicyclic) bond motifs is 1. The van der Waals surface area contributed by atoms with Crippen molar-refractivity contribution < 1.29 is 14.6 Å². The van der Waals surface area contributed by atoms with Gasteiger partial charge in [-0.2, -0.15) is 0 Å². The van der Waals surface area contributed by atoms with E-state index >= 15 is 0 Å². The van der Waals surface area contributed by atoms with Crippen LogP contribution in [0.2, 0.25) is 0 Å². The molecule has 0 aromatic heterocycles. The lowest BCUT2D eigenvalue weighted by Gasteiger charge is -2.32. The monoisotopic (exact) mass is 239 g/mol. The Bertz CT molecular complexity index is 302. The van der Waals surface area contributed by atoms with Gasteiger partial charge < -0.3 is 15.2 Å². The second-order valence-electron chi connectivity index (χ2n) is 5.98. The van der Waals surface area contributed by atoms with Crippen molar-refractivity contribution in [3.63, 3.8) is 0 Å². The molecular formula is C13H21NO3. The molecule has 2 aliphatic carbocycles. The van der Waals surface area contributed by atoms with Crippen LogP contribution >= 0.6 is 0 Å². The molecule has 0 aromatic carbocycles. The molecule has 2 unspecified atom stereocenters. The molecule has 0 radical (unpaired) electrons. The highest BCUT2D eigenvalue weighted by molar-refractivity contribution is 5.79. The Hall–Kier alpha value is -0.610. The van der Waals surface area contributed by atoms with Gasteiger partial charge in [0.05, 0.1) is 5.60 Å². The molecule has 17 heavy (non-hydrogen) atoms. The Morgan fingerprint density at radius 2 is 1.88 bits per heavy atom. The topological polar surface area (TPSA) is 58.6 Å². The normalized spacial score (nSPS) is 38.5. The highest BCUT2D eigenvalue weighted by atomic mass is 16.5. The Labute approximate surface area is 102 Å². The molecule has 2 atom stereocenters. The number of nitrogens with one attached hydrogen (secondary N) is 1. The molecule has 1 heterocycles. The molecule has 3 rings (SSSR count). The van der Waals surface area contributed by atoms with E-state index in [4.69, 9.17) is 4.74 Å². The number of carbonyl (C=O) groups is 1. The SMILES string of the molecule is O=C(NCC1(O)CCOCC1)C1CC2CC2C1. The summed E-state index contributed by atoms with van der Waals surface area (Å²) in [5.74, 6) is 2.02. The van der Waals surface area contributed by atoms with Crippen LogP contribution in [0, 0.1) is 17.8 Å². The maximum atomic E-state index is 11.9. The van der Waals surface area contributed by atoms with Crippen LogP contribution in [-0.4, -0.2) is 36.4 Å². The first-order chi connectivity index (χ1) is 8.16. The first-order valence-electron chi connectivity index (χ1n) is 6.74. The van der Waals surface area contributed by atoms with Crippen molar-refractivity contribution in [2.24, 2.45) is 17.8 Å². The number of ether oxygens (including phenoxy) is 1. The number of rotatable bonds is 3. The van der Waals surface area contributed by atoms with Crippen LogP contribution in [0.3, 0.4) is 0 Å². The molecular weight excluding hydrogens is 218 g/mol. The van der Waals surface area contributed by atoms with E-state index in [1.165, 1.54) is 6.42 Å². The summed E-state index contributed by atoms with van der Waals surface area (Å²) in [7, 11) is 0. The molecule has 96 valence electrons. The zero-order valence-electron chi connectivity index (χ0n) is 10.2. The minimum Gasteiger partial charge on any atom is -0.388 e. The van der Waals surface area contributed by atoms with Gasteiger partial charge in [0.25, 0.3) is 0 Å². The maximum Gasteiger partial charge on any atom is 0.223 e. The Balaban J connectivity index is 1.45. The molecule has 0 spiro atoms. The summed E-state index contributed by atoms with van der Waals surface area (Å²) in [5.41, 5.74) is -0.741. The fourth-order valence-corrected chi connectivity index (χ4v) is 3.25. The number of aliphatic hydroxyl groups is 1. The molecule has 0 bridgehead atoms. The van der Waals surface area contributed by atoms with E-state index in [0.717, 1.165) is 24.7 Å². The summed E-state index contributed by atoms with van der Waals surface area (Å²) in [6.45, 7) is 1.58. The average Bonchev–Trinajstić information content (AvgIpc) is 2.94. The summed E-state index contributed by atoms with van der Waals surface area (Å²) in [5, 5.41) is 13.2. The van der Waals surface area contributed by atoms with Gasteiger partial charge in [-0.25, -0.2) is 0 Å². The van der Waals surface area contributed by atoms with E-state index in [-0.39, 0.29) is 11.8 Å². The van der Waals surface area contributed by atoms with Crippen LogP contribution in [0.4, 0.5) is 0 Å². The summed E-state index contributed by atoms with van der Waals surface area (Å²) in [4.78, 5) is 11.9. The first-order valence-corrected chi connectivity index (χ1v) is 6.74. The molecule has 3 aliphatic rings. The van der Waals surface area contributed by atoms with E-state index in [9.17, 15) is 9.90 Å². The van der Waals surface area contributed by atoms with Gasteiger partial charge in [0.2, 0.25) is 5.91 Å². The fourth-order valence-electron chi connectivity index (χ4n) is 3.25.